The summed E-state index contributed by atoms with van der Waals surface area (Å²) in [5, 5.41) is 11.7. The van der Waals surface area contributed by atoms with Crippen LogP contribution < -0.4 is 0 Å². The van der Waals surface area contributed by atoms with E-state index in [9.17, 15) is 4.79 Å². The molecule has 0 spiro atoms. The molecular weight excluding hydrogens is 290 g/mol. The Balaban J connectivity index is 1.66. The molecule has 122 valence electrons. The summed E-state index contributed by atoms with van der Waals surface area (Å²) >= 11 is 0. The van der Waals surface area contributed by atoms with Gasteiger partial charge in [-0.05, 0) is 51.0 Å². The molecule has 1 atom stereocenters. The molecular formula is C17H23N5O. The summed E-state index contributed by atoms with van der Waals surface area (Å²) in [5.74, 6) is 0.0790. The van der Waals surface area contributed by atoms with Crippen LogP contribution in [0.2, 0.25) is 0 Å². The van der Waals surface area contributed by atoms with Gasteiger partial charge in [-0.25, -0.2) is 0 Å². The van der Waals surface area contributed by atoms with Crippen LogP contribution in [-0.2, 0) is 19.9 Å². The number of aromatic amines is 1. The molecule has 0 saturated carbocycles. The third kappa shape index (κ3) is 2.46. The number of carbonyl (C=O) groups excluding carboxylic acids is 1. The van der Waals surface area contributed by atoms with Crippen molar-refractivity contribution >= 4 is 5.91 Å². The second-order valence-corrected chi connectivity index (χ2v) is 6.63. The molecule has 1 aliphatic heterocycles. The number of hydrogen-bond donors (Lipinski definition) is 1. The molecule has 1 saturated heterocycles. The maximum Gasteiger partial charge on any atom is 0.275 e. The number of amides is 1. The lowest BCUT2D eigenvalue weighted by Gasteiger charge is -2.35. The van der Waals surface area contributed by atoms with Gasteiger partial charge >= 0.3 is 0 Å². The number of aryl methyl sites for hydroxylation is 2. The molecule has 1 amide bonds. The Kier molecular flexibility index (Phi) is 3.67. The van der Waals surface area contributed by atoms with Crippen LogP contribution in [0.5, 0.6) is 0 Å². The zero-order valence-corrected chi connectivity index (χ0v) is 13.6. The number of rotatable bonds is 2. The predicted octanol–water partition coefficient (Wildman–Crippen LogP) is 2.39. The minimum Gasteiger partial charge on any atom is -0.329 e. The Labute approximate surface area is 135 Å². The van der Waals surface area contributed by atoms with Crippen LogP contribution in [0.3, 0.4) is 0 Å². The van der Waals surface area contributed by atoms with Crippen molar-refractivity contribution in [2.75, 3.05) is 6.54 Å². The number of nitrogens with one attached hydrogen (secondary N) is 1. The second kappa shape index (κ2) is 5.83. The lowest BCUT2D eigenvalue weighted by atomic mass is 9.94. The lowest BCUT2D eigenvalue weighted by molar-refractivity contribution is 0.0593. The van der Waals surface area contributed by atoms with Gasteiger partial charge in [-0.1, -0.05) is 0 Å². The van der Waals surface area contributed by atoms with Gasteiger partial charge in [0.05, 0.1) is 11.7 Å². The zero-order valence-electron chi connectivity index (χ0n) is 13.6. The minimum absolute atomic E-state index is 0.0790. The Morgan fingerprint density at radius 2 is 2.13 bits per heavy atom. The largest absolute Gasteiger partial charge is 0.329 e. The molecule has 4 rings (SSSR count). The van der Waals surface area contributed by atoms with Crippen molar-refractivity contribution < 1.29 is 4.79 Å². The molecule has 2 aliphatic rings. The molecule has 2 aromatic heterocycles. The number of piperidine rings is 1. The highest BCUT2D eigenvalue weighted by molar-refractivity contribution is 5.94. The van der Waals surface area contributed by atoms with Gasteiger partial charge in [-0.2, -0.15) is 10.2 Å². The van der Waals surface area contributed by atoms with Gasteiger partial charge in [-0.3, -0.25) is 14.6 Å². The van der Waals surface area contributed by atoms with Crippen molar-refractivity contribution in [2.45, 2.75) is 51.0 Å². The summed E-state index contributed by atoms with van der Waals surface area (Å²) in [6.07, 6.45) is 9.34. The SMILES string of the molecule is Cn1nccc1C1CCCCN1C(=O)c1n[nH]c2c1CCCC2. The number of nitrogens with zero attached hydrogens (tertiary/aromatic N) is 4. The first-order valence-corrected chi connectivity index (χ1v) is 8.60. The highest BCUT2D eigenvalue weighted by Gasteiger charge is 2.33. The summed E-state index contributed by atoms with van der Waals surface area (Å²) in [4.78, 5) is 15.2. The second-order valence-electron chi connectivity index (χ2n) is 6.63. The zero-order chi connectivity index (χ0) is 15.8. The summed E-state index contributed by atoms with van der Waals surface area (Å²) in [7, 11) is 1.95. The average Bonchev–Trinajstić information content (AvgIpc) is 3.20. The molecule has 3 heterocycles. The fraction of sp³-hybridized carbons (Fsp3) is 0.588. The number of aromatic nitrogens is 4. The molecule has 0 aromatic carbocycles. The number of H-pyrrole nitrogens is 1. The highest BCUT2D eigenvalue weighted by atomic mass is 16.2. The fourth-order valence-corrected chi connectivity index (χ4v) is 3.99. The van der Waals surface area contributed by atoms with Crippen molar-refractivity contribution in [1.82, 2.24) is 24.9 Å². The molecule has 0 bridgehead atoms. The third-order valence-electron chi connectivity index (χ3n) is 5.22. The van der Waals surface area contributed by atoms with Crippen LogP contribution in [0.4, 0.5) is 0 Å². The number of hydrogen-bond acceptors (Lipinski definition) is 3. The van der Waals surface area contributed by atoms with E-state index in [1.165, 1.54) is 6.42 Å². The molecule has 6 nitrogen and oxygen atoms in total. The van der Waals surface area contributed by atoms with Gasteiger partial charge in [0.2, 0.25) is 0 Å². The van der Waals surface area contributed by atoms with E-state index in [0.717, 1.165) is 62.0 Å². The first-order valence-electron chi connectivity index (χ1n) is 8.60. The fourth-order valence-electron chi connectivity index (χ4n) is 3.99. The summed E-state index contributed by atoms with van der Waals surface area (Å²) < 4.78 is 1.89. The molecule has 1 N–H and O–H groups in total. The van der Waals surface area contributed by atoms with Crippen molar-refractivity contribution in [3.63, 3.8) is 0 Å². The van der Waals surface area contributed by atoms with Crippen LogP contribution >= 0.6 is 0 Å². The van der Waals surface area contributed by atoms with Gasteiger partial charge in [0, 0.05) is 31.0 Å². The number of carbonyl (C=O) groups is 1. The van der Waals surface area contributed by atoms with Crippen molar-refractivity contribution in [2.24, 2.45) is 7.05 Å². The normalized spacial score (nSPS) is 21.3. The van der Waals surface area contributed by atoms with Gasteiger partial charge in [-0.15, -0.1) is 0 Å². The van der Waals surface area contributed by atoms with Crippen molar-refractivity contribution in [1.29, 1.82) is 0 Å². The summed E-state index contributed by atoms with van der Waals surface area (Å²) in [6.45, 7) is 0.802. The summed E-state index contributed by atoms with van der Waals surface area (Å²) in [5.41, 5.74) is 4.07. The van der Waals surface area contributed by atoms with Crippen LogP contribution in [0.15, 0.2) is 12.3 Å². The molecule has 1 unspecified atom stereocenters. The summed E-state index contributed by atoms with van der Waals surface area (Å²) in [6, 6.07) is 2.13. The third-order valence-corrected chi connectivity index (χ3v) is 5.22. The number of fused-ring (bicyclic) bond motifs is 1. The van der Waals surface area contributed by atoms with Gasteiger partial charge in [0.25, 0.3) is 5.91 Å². The first kappa shape index (κ1) is 14.5. The topological polar surface area (TPSA) is 66.8 Å². The standard InChI is InChI=1S/C17H23N5O/c1-21-14(9-10-18-21)15-8-4-5-11-22(15)17(23)16-12-6-2-3-7-13(12)19-20-16/h9-10,15H,2-8,11H2,1H3,(H,19,20). The van der Waals surface area contributed by atoms with E-state index in [0.29, 0.717) is 5.69 Å². The van der Waals surface area contributed by atoms with E-state index >= 15 is 0 Å². The monoisotopic (exact) mass is 313 g/mol. The van der Waals surface area contributed by atoms with Crippen LogP contribution in [0.25, 0.3) is 0 Å². The van der Waals surface area contributed by atoms with Crippen molar-refractivity contribution in [3.8, 4) is 0 Å². The molecule has 1 fully saturated rings. The van der Waals surface area contributed by atoms with E-state index in [4.69, 9.17) is 0 Å². The number of likely N-dealkylation sites (tertiary alicyclic amines) is 1. The minimum atomic E-state index is 0.0790. The Hall–Kier alpha value is -2.11. The molecule has 2 aromatic rings. The molecule has 6 heteroatoms. The quantitative estimate of drug-likeness (QED) is 0.925. The Morgan fingerprint density at radius 1 is 1.26 bits per heavy atom. The van der Waals surface area contributed by atoms with E-state index in [-0.39, 0.29) is 11.9 Å². The van der Waals surface area contributed by atoms with E-state index in [2.05, 4.69) is 15.3 Å². The highest BCUT2D eigenvalue weighted by Crippen LogP contribution is 2.33. The van der Waals surface area contributed by atoms with Crippen molar-refractivity contribution in [3.05, 3.63) is 34.9 Å². The van der Waals surface area contributed by atoms with Gasteiger partial charge in [0.15, 0.2) is 5.69 Å². The Bertz CT molecular complexity index is 716. The predicted molar refractivity (Wildman–Crippen MR) is 86.1 cm³/mol. The Morgan fingerprint density at radius 3 is 2.96 bits per heavy atom. The molecule has 23 heavy (non-hydrogen) atoms. The molecule has 1 aliphatic carbocycles. The maximum absolute atomic E-state index is 13.2. The smallest absolute Gasteiger partial charge is 0.275 e. The van der Waals surface area contributed by atoms with Crippen LogP contribution in [0, 0.1) is 0 Å². The van der Waals surface area contributed by atoms with Crippen LogP contribution in [0.1, 0.15) is 65.6 Å². The molecule has 0 radical (unpaired) electrons. The average molecular weight is 313 g/mol. The van der Waals surface area contributed by atoms with E-state index < -0.39 is 0 Å². The van der Waals surface area contributed by atoms with Crippen LogP contribution in [-0.4, -0.2) is 37.3 Å². The maximum atomic E-state index is 13.2. The van der Waals surface area contributed by atoms with E-state index in [1.54, 1.807) is 0 Å². The van der Waals surface area contributed by atoms with E-state index in [1.807, 2.05) is 28.9 Å². The van der Waals surface area contributed by atoms with Gasteiger partial charge in [0.1, 0.15) is 0 Å². The lowest BCUT2D eigenvalue weighted by Crippen LogP contribution is -2.40. The van der Waals surface area contributed by atoms with Gasteiger partial charge < -0.3 is 4.90 Å². The first-order chi connectivity index (χ1) is 11.3.